The Morgan fingerprint density at radius 1 is 1.06 bits per heavy atom. The van der Waals surface area contributed by atoms with Gasteiger partial charge in [-0.05, 0) is 54.6 Å². The minimum atomic E-state index is -3.74. The van der Waals surface area contributed by atoms with Gasteiger partial charge >= 0.3 is 5.69 Å². The molecule has 0 saturated carbocycles. The molecule has 1 amide bonds. The van der Waals surface area contributed by atoms with Crippen LogP contribution in [0.3, 0.4) is 0 Å². The number of nitrogens with one attached hydrogen (secondary N) is 2. The van der Waals surface area contributed by atoms with Crippen molar-refractivity contribution >= 4 is 38.3 Å². The standard InChI is InChI=1S/C24H24N4O4S2/c29-23(17-5-3-7-20(15-17)34(31,32)25-16-19-6-4-14-33-19)27-12-10-18(11-13-27)28-22-9-2-1-8-21(22)26-24(28)30/h1-9,14-15,18,25H,10-13,16H2,(H,26,30). The molecule has 4 aromatic rings. The van der Waals surface area contributed by atoms with Gasteiger partial charge in [0.1, 0.15) is 0 Å². The molecule has 0 radical (unpaired) electrons. The Balaban J connectivity index is 1.27. The second-order valence-electron chi connectivity index (χ2n) is 8.27. The lowest BCUT2D eigenvalue weighted by molar-refractivity contribution is 0.0694. The fourth-order valence-corrected chi connectivity index (χ4v) is 6.19. The van der Waals surface area contributed by atoms with Gasteiger partial charge in [-0.15, -0.1) is 11.3 Å². The number of para-hydroxylation sites is 2. The number of imidazole rings is 1. The molecule has 0 unspecified atom stereocenters. The Hall–Kier alpha value is -3.21. The number of piperidine rings is 1. The molecule has 10 heteroatoms. The fourth-order valence-electron chi connectivity index (χ4n) is 4.41. The van der Waals surface area contributed by atoms with Crippen molar-refractivity contribution in [1.82, 2.24) is 19.2 Å². The number of benzene rings is 2. The van der Waals surface area contributed by atoms with Gasteiger partial charge in [0.2, 0.25) is 10.0 Å². The van der Waals surface area contributed by atoms with E-state index in [1.165, 1.54) is 23.5 Å². The molecule has 176 valence electrons. The molecule has 2 N–H and O–H groups in total. The number of sulfonamides is 1. The summed E-state index contributed by atoms with van der Waals surface area (Å²) in [7, 11) is -3.74. The Labute approximate surface area is 200 Å². The molecule has 1 aliphatic rings. The first-order valence-corrected chi connectivity index (χ1v) is 13.4. The van der Waals surface area contributed by atoms with E-state index in [1.54, 1.807) is 21.6 Å². The summed E-state index contributed by atoms with van der Waals surface area (Å²) in [5.41, 5.74) is 1.86. The number of hydrogen-bond acceptors (Lipinski definition) is 5. The first-order chi connectivity index (χ1) is 16.4. The molecule has 1 fully saturated rings. The fraction of sp³-hybridized carbons (Fsp3) is 0.250. The molecule has 8 nitrogen and oxygen atoms in total. The van der Waals surface area contributed by atoms with Gasteiger partial charge in [0.05, 0.1) is 15.9 Å². The van der Waals surface area contributed by atoms with E-state index in [4.69, 9.17) is 0 Å². The molecule has 1 aliphatic heterocycles. The monoisotopic (exact) mass is 496 g/mol. The van der Waals surface area contributed by atoms with Crippen molar-refractivity contribution in [2.24, 2.45) is 0 Å². The maximum absolute atomic E-state index is 13.1. The number of amides is 1. The maximum Gasteiger partial charge on any atom is 0.326 e. The topological polar surface area (TPSA) is 104 Å². The highest BCUT2D eigenvalue weighted by molar-refractivity contribution is 7.89. The largest absolute Gasteiger partial charge is 0.338 e. The molecule has 34 heavy (non-hydrogen) atoms. The molecule has 2 aromatic carbocycles. The summed E-state index contributed by atoms with van der Waals surface area (Å²) in [6.07, 6.45) is 1.29. The van der Waals surface area contributed by atoms with E-state index in [2.05, 4.69) is 9.71 Å². The Morgan fingerprint density at radius 2 is 1.85 bits per heavy atom. The number of H-pyrrole nitrogens is 1. The molecule has 0 bridgehead atoms. The highest BCUT2D eigenvalue weighted by Gasteiger charge is 2.27. The van der Waals surface area contributed by atoms with Crippen molar-refractivity contribution in [1.29, 1.82) is 0 Å². The van der Waals surface area contributed by atoms with Gasteiger partial charge in [-0.3, -0.25) is 9.36 Å². The van der Waals surface area contributed by atoms with Gasteiger partial charge in [-0.25, -0.2) is 17.9 Å². The minimum Gasteiger partial charge on any atom is -0.338 e. The lowest BCUT2D eigenvalue weighted by Crippen LogP contribution is -2.40. The molecular formula is C24H24N4O4S2. The zero-order chi connectivity index (χ0) is 23.7. The maximum atomic E-state index is 13.1. The number of aromatic amines is 1. The smallest absolute Gasteiger partial charge is 0.326 e. The molecular weight excluding hydrogens is 472 g/mol. The van der Waals surface area contributed by atoms with Crippen molar-refractivity contribution in [2.45, 2.75) is 30.3 Å². The Kier molecular flexibility index (Phi) is 6.11. The van der Waals surface area contributed by atoms with Crippen molar-refractivity contribution in [3.63, 3.8) is 0 Å². The van der Waals surface area contributed by atoms with E-state index in [0.29, 0.717) is 31.5 Å². The highest BCUT2D eigenvalue weighted by Crippen LogP contribution is 2.26. The van der Waals surface area contributed by atoms with Gasteiger partial charge in [-0.1, -0.05) is 24.3 Å². The highest BCUT2D eigenvalue weighted by atomic mass is 32.2. The van der Waals surface area contributed by atoms with Crippen LogP contribution in [0.2, 0.25) is 0 Å². The molecule has 2 aromatic heterocycles. The number of rotatable bonds is 6. The van der Waals surface area contributed by atoms with E-state index < -0.39 is 10.0 Å². The molecule has 0 aliphatic carbocycles. The Morgan fingerprint density at radius 3 is 2.62 bits per heavy atom. The third kappa shape index (κ3) is 4.44. The van der Waals surface area contributed by atoms with Gasteiger partial charge in [0, 0.05) is 36.1 Å². The van der Waals surface area contributed by atoms with Crippen LogP contribution in [0, 0.1) is 0 Å². The quantitative estimate of drug-likeness (QED) is 0.427. The number of fused-ring (bicyclic) bond motifs is 1. The number of hydrogen-bond donors (Lipinski definition) is 2. The summed E-state index contributed by atoms with van der Waals surface area (Å²) < 4.78 is 29.8. The third-order valence-corrected chi connectivity index (χ3v) is 8.42. The summed E-state index contributed by atoms with van der Waals surface area (Å²) in [5.74, 6) is -0.208. The van der Waals surface area contributed by atoms with Crippen molar-refractivity contribution < 1.29 is 13.2 Å². The van der Waals surface area contributed by atoms with Crippen LogP contribution in [-0.2, 0) is 16.6 Å². The molecule has 0 spiro atoms. The number of carbonyl (C=O) groups is 1. The van der Waals surface area contributed by atoms with Crippen LogP contribution in [0.4, 0.5) is 0 Å². The first kappa shape index (κ1) is 22.6. The van der Waals surface area contributed by atoms with E-state index >= 15 is 0 Å². The second kappa shape index (κ2) is 9.21. The summed E-state index contributed by atoms with van der Waals surface area (Å²) in [6, 6.07) is 17.5. The number of nitrogens with zero attached hydrogens (tertiary/aromatic N) is 2. The molecule has 0 atom stereocenters. The van der Waals surface area contributed by atoms with E-state index in [9.17, 15) is 18.0 Å². The summed E-state index contributed by atoms with van der Waals surface area (Å²) >= 11 is 1.48. The SMILES string of the molecule is O=C(c1cccc(S(=O)(=O)NCc2cccs2)c1)N1CCC(n2c(=O)[nH]c3ccccc32)CC1. The van der Waals surface area contributed by atoms with Gasteiger partial charge < -0.3 is 9.88 Å². The molecule has 3 heterocycles. The lowest BCUT2D eigenvalue weighted by Gasteiger charge is -2.32. The second-order valence-corrected chi connectivity index (χ2v) is 11.1. The molecule has 5 rings (SSSR count). The van der Waals surface area contributed by atoms with Crippen molar-refractivity contribution in [3.05, 3.63) is 87.0 Å². The zero-order valence-corrected chi connectivity index (χ0v) is 19.9. The third-order valence-electron chi connectivity index (χ3n) is 6.15. The Bertz CT molecular complexity index is 1480. The van der Waals surface area contributed by atoms with Crippen LogP contribution in [-0.4, -0.2) is 41.9 Å². The van der Waals surface area contributed by atoms with Crippen molar-refractivity contribution in [3.8, 4) is 0 Å². The normalized spacial score (nSPS) is 15.1. The lowest BCUT2D eigenvalue weighted by atomic mass is 10.0. The number of aromatic nitrogens is 2. The van der Waals surface area contributed by atoms with Crippen molar-refractivity contribution in [2.75, 3.05) is 13.1 Å². The van der Waals surface area contributed by atoms with Crippen LogP contribution in [0.5, 0.6) is 0 Å². The zero-order valence-electron chi connectivity index (χ0n) is 18.3. The average Bonchev–Trinajstić information content (AvgIpc) is 3.49. The van der Waals surface area contributed by atoms with Crippen LogP contribution in [0.1, 0.15) is 34.1 Å². The van der Waals surface area contributed by atoms with E-state index in [1.807, 2.05) is 41.8 Å². The van der Waals surface area contributed by atoms with E-state index in [0.717, 1.165) is 15.9 Å². The number of carbonyl (C=O) groups excluding carboxylic acids is 1. The summed E-state index contributed by atoms with van der Waals surface area (Å²) in [4.78, 5) is 31.2. The molecule has 1 saturated heterocycles. The van der Waals surface area contributed by atoms with Gasteiger partial charge in [0.15, 0.2) is 0 Å². The van der Waals surface area contributed by atoms with Gasteiger partial charge in [0.25, 0.3) is 5.91 Å². The van der Waals surface area contributed by atoms with Crippen LogP contribution >= 0.6 is 11.3 Å². The predicted molar refractivity (Wildman–Crippen MR) is 132 cm³/mol. The van der Waals surface area contributed by atoms with Gasteiger partial charge in [-0.2, -0.15) is 0 Å². The van der Waals surface area contributed by atoms with E-state index in [-0.39, 0.29) is 29.1 Å². The predicted octanol–water partition coefficient (Wildman–Crippen LogP) is 3.35. The summed E-state index contributed by atoms with van der Waals surface area (Å²) in [5, 5.41) is 1.89. The van der Waals surface area contributed by atoms with Crippen LogP contribution in [0.25, 0.3) is 11.0 Å². The van der Waals surface area contributed by atoms with Crippen LogP contribution < -0.4 is 10.4 Å². The van der Waals surface area contributed by atoms with Crippen LogP contribution in [0.15, 0.2) is 75.7 Å². The summed E-state index contributed by atoms with van der Waals surface area (Å²) in [6.45, 7) is 1.19. The number of thiophene rings is 1. The number of likely N-dealkylation sites (tertiary alicyclic amines) is 1. The minimum absolute atomic E-state index is 0.000800. The first-order valence-electron chi connectivity index (χ1n) is 11.0. The average molecular weight is 497 g/mol.